The van der Waals surface area contributed by atoms with Gasteiger partial charge in [-0.25, -0.2) is 4.98 Å². The zero-order valence-corrected chi connectivity index (χ0v) is 11.1. The molecule has 1 aromatic heterocycles. The molecule has 2 heterocycles. The van der Waals surface area contributed by atoms with Crippen LogP contribution in [0.3, 0.4) is 0 Å². The molecule has 0 bridgehead atoms. The van der Waals surface area contributed by atoms with Crippen molar-refractivity contribution in [1.29, 1.82) is 0 Å². The van der Waals surface area contributed by atoms with Crippen molar-refractivity contribution in [2.45, 2.75) is 45.1 Å². The maximum Gasteiger partial charge on any atom is 0.293 e. The number of hydrogen-bond donors (Lipinski definition) is 2. The summed E-state index contributed by atoms with van der Waals surface area (Å²) < 4.78 is 0. The number of likely N-dealkylation sites (tertiary alicyclic amines) is 1. The number of carbonyl (C=O) groups excluding carboxylic acids is 1. The maximum absolute atomic E-state index is 12.1. The molecule has 1 aliphatic rings. The Balaban J connectivity index is 2.03. The van der Waals surface area contributed by atoms with Gasteiger partial charge < -0.3 is 10.0 Å². The third kappa shape index (κ3) is 2.69. The fourth-order valence-corrected chi connectivity index (χ4v) is 1.96. The van der Waals surface area contributed by atoms with Crippen LogP contribution in [0.2, 0.25) is 0 Å². The molecule has 1 aromatic rings. The number of H-pyrrole nitrogens is 1. The first-order chi connectivity index (χ1) is 8.39. The van der Waals surface area contributed by atoms with Gasteiger partial charge in [0.1, 0.15) is 5.82 Å². The number of aliphatic hydroxyl groups is 1. The fourth-order valence-electron chi connectivity index (χ4n) is 1.96. The zero-order valence-electron chi connectivity index (χ0n) is 11.1. The average Bonchev–Trinajstić information content (AvgIpc) is 2.77. The minimum atomic E-state index is -0.654. The van der Waals surface area contributed by atoms with Crippen molar-refractivity contribution in [3.05, 3.63) is 11.6 Å². The normalized spacial score (nSPS) is 19.3. The summed E-state index contributed by atoms with van der Waals surface area (Å²) in [6, 6.07) is 0. The van der Waals surface area contributed by atoms with Crippen molar-refractivity contribution in [3.8, 4) is 0 Å². The Morgan fingerprint density at radius 3 is 2.56 bits per heavy atom. The van der Waals surface area contributed by atoms with Crippen molar-refractivity contribution in [1.82, 2.24) is 20.1 Å². The zero-order chi connectivity index (χ0) is 13.3. The lowest BCUT2D eigenvalue weighted by Crippen LogP contribution is -2.45. The monoisotopic (exact) mass is 252 g/mol. The highest BCUT2D eigenvalue weighted by atomic mass is 16.3. The summed E-state index contributed by atoms with van der Waals surface area (Å²) in [5.41, 5.74) is -0.654. The minimum absolute atomic E-state index is 0.159. The molecule has 1 saturated heterocycles. The van der Waals surface area contributed by atoms with E-state index in [1.165, 1.54) is 0 Å². The van der Waals surface area contributed by atoms with Crippen LogP contribution in [0.15, 0.2) is 0 Å². The Kier molecular flexibility index (Phi) is 3.38. The third-order valence-electron chi connectivity index (χ3n) is 3.37. The number of nitrogens with zero attached hydrogens (tertiary/aromatic N) is 3. The van der Waals surface area contributed by atoms with Gasteiger partial charge in [0.15, 0.2) is 0 Å². The van der Waals surface area contributed by atoms with E-state index in [1.54, 1.807) is 11.8 Å². The van der Waals surface area contributed by atoms with E-state index in [2.05, 4.69) is 15.2 Å². The van der Waals surface area contributed by atoms with Crippen LogP contribution in [-0.2, 0) is 0 Å². The highest BCUT2D eigenvalue weighted by molar-refractivity contribution is 5.90. The van der Waals surface area contributed by atoms with Crippen LogP contribution >= 0.6 is 0 Å². The number of carbonyl (C=O) groups is 1. The largest absolute Gasteiger partial charge is 0.390 e. The summed E-state index contributed by atoms with van der Waals surface area (Å²) in [4.78, 5) is 18.0. The first kappa shape index (κ1) is 13.0. The second kappa shape index (κ2) is 4.68. The summed E-state index contributed by atoms with van der Waals surface area (Å²) in [7, 11) is 0. The van der Waals surface area contributed by atoms with Crippen LogP contribution in [-0.4, -0.2) is 49.8 Å². The molecular weight excluding hydrogens is 232 g/mol. The number of hydrogen-bond acceptors (Lipinski definition) is 4. The average molecular weight is 252 g/mol. The standard InChI is InChI=1S/C12H20N4O2/c1-8(2)9-13-10(15-14-9)11(17)16-6-4-12(3,18)5-7-16/h8,18H,4-7H2,1-3H3,(H,13,14,15). The lowest BCUT2D eigenvalue weighted by atomic mass is 9.94. The lowest BCUT2D eigenvalue weighted by molar-refractivity contribution is -0.00236. The summed E-state index contributed by atoms with van der Waals surface area (Å²) in [6.45, 7) is 6.90. The van der Waals surface area contributed by atoms with E-state index in [0.717, 1.165) is 5.82 Å². The summed E-state index contributed by atoms with van der Waals surface area (Å²) in [5, 5.41) is 16.6. The predicted octanol–water partition coefficient (Wildman–Crippen LogP) is 0.915. The van der Waals surface area contributed by atoms with Gasteiger partial charge in [-0.1, -0.05) is 13.8 Å². The molecule has 0 aliphatic carbocycles. The van der Waals surface area contributed by atoms with Gasteiger partial charge in [0, 0.05) is 19.0 Å². The highest BCUT2D eigenvalue weighted by Crippen LogP contribution is 2.22. The predicted molar refractivity (Wildman–Crippen MR) is 66.2 cm³/mol. The van der Waals surface area contributed by atoms with Crippen LogP contribution in [0.4, 0.5) is 0 Å². The van der Waals surface area contributed by atoms with Crippen LogP contribution in [0.5, 0.6) is 0 Å². The summed E-state index contributed by atoms with van der Waals surface area (Å²) >= 11 is 0. The second-order valence-electron chi connectivity index (χ2n) is 5.49. The highest BCUT2D eigenvalue weighted by Gasteiger charge is 2.31. The van der Waals surface area contributed by atoms with E-state index in [4.69, 9.17) is 0 Å². The van der Waals surface area contributed by atoms with Crippen LogP contribution in [0, 0.1) is 0 Å². The Hall–Kier alpha value is -1.43. The van der Waals surface area contributed by atoms with Crippen molar-refractivity contribution in [2.24, 2.45) is 0 Å². The molecular formula is C12H20N4O2. The first-order valence-electron chi connectivity index (χ1n) is 6.33. The Bertz CT molecular complexity index is 429. The van der Waals surface area contributed by atoms with E-state index in [1.807, 2.05) is 13.8 Å². The number of rotatable bonds is 2. The number of aromatic amines is 1. The minimum Gasteiger partial charge on any atom is -0.390 e. The van der Waals surface area contributed by atoms with Gasteiger partial charge >= 0.3 is 0 Å². The smallest absolute Gasteiger partial charge is 0.293 e. The summed E-state index contributed by atoms with van der Waals surface area (Å²) in [6.07, 6.45) is 1.19. The van der Waals surface area contributed by atoms with Crippen molar-refractivity contribution in [3.63, 3.8) is 0 Å². The van der Waals surface area contributed by atoms with Crippen molar-refractivity contribution in [2.75, 3.05) is 13.1 Å². The molecule has 0 radical (unpaired) electrons. The molecule has 0 unspecified atom stereocenters. The SMILES string of the molecule is CC(C)c1nc(C(=O)N2CCC(C)(O)CC2)n[nH]1. The molecule has 1 aliphatic heterocycles. The van der Waals surface area contributed by atoms with Gasteiger partial charge in [-0.15, -0.1) is 5.10 Å². The van der Waals surface area contributed by atoms with Crippen molar-refractivity contribution < 1.29 is 9.90 Å². The maximum atomic E-state index is 12.1. The van der Waals surface area contributed by atoms with Crippen molar-refractivity contribution >= 4 is 5.91 Å². The molecule has 6 nitrogen and oxygen atoms in total. The van der Waals surface area contributed by atoms with Crippen LogP contribution in [0.25, 0.3) is 0 Å². The number of nitrogens with one attached hydrogen (secondary N) is 1. The molecule has 0 saturated carbocycles. The Morgan fingerprint density at radius 2 is 2.06 bits per heavy atom. The van der Waals surface area contributed by atoms with Gasteiger partial charge in [0.05, 0.1) is 5.60 Å². The molecule has 1 fully saturated rings. The number of amides is 1. The van der Waals surface area contributed by atoms with E-state index in [-0.39, 0.29) is 17.6 Å². The molecule has 1 amide bonds. The van der Waals surface area contributed by atoms with Gasteiger partial charge in [0.25, 0.3) is 5.91 Å². The second-order valence-corrected chi connectivity index (χ2v) is 5.49. The lowest BCUT2D eigenvalue weighted by Gasteiger charge is -2.35. The van der Waals surface area contributed by atoms with Crippen LogP contribution < -0.4 is 0 Å². The Labute approximate surface area is 106 Å². The molecule has 2 N–H and O–H groups in total. The molecule has 2 rings (SSSR count). The Morgan fingerprint density at radius 1 is 1.44 bits per heavy atom. The fraction of sp³-hybridized carbons (Fsp3) is 0.750. The van der Waals surface area contributed by atoms with Crippen LogP contribution in [0.1, 0.15) is 56.0 Å². The van der Waals surface area contributed by atoms with Gasteiger partial charge in [-0.05, 0) is 19.8 Å². The third-order valence-corrected chi connectivity index (χ3v) is 3.37. The summed E-state index contributed by atoms with van der Waals surface area (Å²) in [5.74, 6) is 1.01. The molecule has 0 atom stereocenters. The molecule has 18 heavy (non-hydrogen) atoms. The van der Waals surface area contributed by atoms with Gasteiger partial charge in [-0.3, -0.25) is 9.89 Å². The number of aromatic nitrogens is 3. The topological polar surface area (TPSA) is 82.1 Å². The van der Waals surface area contributed by atoms with E-state index >= 15 is 0 Å². The van der Waals surface area contributed by atoms with Gasteiger partial charge in [-0.2, -0.15) is 0 Å². The molecule has 6 heteroatoms. The quantitative estimate of drug-likeness (QED) is 0.819. The number of piperidine rings is 1. The molecule has 100 valence electrons. The first-order valence-corrected chi connectivity index (χ1v) is 6.33. The van der Waals surface area contributed by atoms with E-state index in [9.17, 15) is 9.90 Å². The van der Waals surface area contributed by atoms with E-state index < -0.39 is 5.60 Å². The van der Waals surface area contributed by atoms with Gasteiger partial charge in [0.2, 0.25) is 5.82 Å². The molecule has 0 spiro atoms. The van der Waals surface area contributed by atoms with E-state index in [0.29, 0.717) is 25.9 Å². The molecule has 0 aromatic carbocycles.